The van der Waals surface area contributed by atoms with Crippen LogP contribution >= 0.6 is 11.6 Å². The Morgan fingerprint density at radius 3 is 2.82 bits per heavy atom. The van der Waals surface area contributed by atoms with E-state index in [0.29, 0.717) is 18.8 Å². The summed E-state index contributed by atoms with van der Waals surface area (Å²) in [7, 11) is -2.95. The van der Waals surface area contributed by atoms with Gasteiger partial charge in [-0.2, -0.15) is 0 Å². The fourth-order valence-electron chi connectivity index (χ4n) is 1.46. The molecule has 98 valence electrons. The molecule has 1 heterocycles. The highest BCUT2D eigenvalue weighted by molar-refractivity contribution is 7.91. The number of alkyl halides is 1. The molecule has 0 unspecified atom stereocenters. The number of hydrogen-bond donors (Lipinski definition) is 0. The fourth-order valence-corrected chi connectivity index (χ4v) is 2.88. The minimum absolute atomic E-state index is 0.124. The standard InChI is InChI=1S/C10H18ClN3O2S/c1-2-7-17(15,16)8-6-14-9-10(12-13-14)4-3-5-11/h9H,2-8H2,1H3. The van der Waals surface area contributed by atoms with Crippen LogP contribution in [0.25, 0.3) is 0 Å². The van der Waals surface area contributed by atoms with E-state index in [4.69, 9.17) is 11.6 Å². The van der Waals surface area contributed by atoms with Crippen LogP contribution in [0.5, 0.6) is 0 Å². The Bertz CT molecular complexity index is 431. The van der Waals surface area contributed by atoms with Crippen LogP contribution in [-0.4, -0.2) is 40.8 Å². The predicted octanol–water partition coefficient (Wildman–Crippen LogP) is 1.27. The first kappa shape index (κ1) is 14.4. The van der Waals surface area contributed by atoms with Crippen molar-refractivity contribution in [2.45, 2.75) is 32.7 Å². The van der Waals surface area contributed by atoms with Crippen molar-refractivity contribution in [2.24, 2.45) is 0 Å². The largest absolute Gasteiger partial charge is 0.251 e. The molecular weight excluding hydrogens is 262 g/mol. The van der Waals surface area contributed by atoms with Gasteiger partial charge in [-0.15, -0.1) is 16.7 Å². The van der Waals surface area contributed by atoms with E-state index in [-0.39, 0.29) is 11.5 Å². The molecule has 1 aromatic rings. The summed E-state index contributed by atoms with van der Waals surface area (Å²) in [4.78, 5) is 0. The van der Waals surface area contributed by atoms with Gasteiger partial charge in [0.15, 0.2) is 9.84 Å². The van der Waals surface area contributed by atoms with Gasteiger partial charge in [-0.1, -0.05) is 12.1 Å². The third kappa shape index (κ3) is 5.50. The van der Waals surface area contributed by atoms with Gasteiger partial charge in [0.2, 0.25) is 0 Å². The average molecular weight is 280 g/mol. The van der Waals surface area contributed by atoms with Crippen LogP contribution in [0.4, 0.5) is 0 Å². The van der Waals surface area contributed by atoms with E-state index >= 15 is 0 Å². The number of halogens is 1. The van der Waals surface area contributed by atoms with Crippen molar-refractivity contribution in [3.63, 3.8) is 0 Å². The first-order chi connectivity index (χ1) is 8.07. The van der Waals surface area contributed by atoms with E-state index in [1.54, 1.807) is 10.9 Å². The molecule has 0 spiro atoms. The molecule has 0 amide bonds. The maximum atomic E-state index is 11.5. The molecule has 0 saturated heterocycles. The third-order valence-corrected chi connectivity index (χ3v) is 4.40. The van der Waals surface area contributed by atoms with Gasteiger partial charge in [0.25, 0.3) is 0 Å². The highest BCUT2D eigenvalue weighted by Crippen LogP contribution is 2.01. The zero-order valence-electron chi connectivity index (χ0n) is 9.97. The molecule has 0 N–H and O–H groups in total. The van der Waals surface area contributed by atoms with Gasteiger partial charge in [0.1, 0.15) is 0 Å². The quantitative estimate of drug-likeness (QED) is 0.672. The van der Waals surface area contributed by atoms with Crippen molar-refractivity contribution in [1.29, 1.82) is 0 Å². The molecule has 5 nitrogen and oxygen atoms in total. The molecule has 0 aliphatic heterocycles. The van der Waals surface area contributed by atoms with Crippen LogP contribution in [-0.2, 0) is 22.8 Å². The first-order valence-corrected chi connectivity index (χ1v) is 8.08. The first-order valence-electron chi connectivity index (χ1n) is 5.73. The Morgan fingerprint density at radius 2 is 2.18 bits per heavy atom. The number of hydrogen-bond acceptors (Lipinski definition) is 4. The van der Waals surface area contributed by atoms with Gasteiger partial charge in [0.05, 0.1) is 18.0 Å². The van der Waals surface area contributed by atoms with E-state index in [1.165, 1.54) is 0 Å². The Balaban J connectivity index is 2.44. The minimum Gasteiger partial charge on any atom is -0.251 e. The Kier molecular flexibility index (Phi) is 5.91. The second-order valence-electron chi connectivity index (χ2n) is 3.92. The van der Waals surface area contributed by atoms with Crippen LogP contribution in [0, 0.1) is 0 Å². The molecule has 0 radical (unpaired) electrons. The van der Waals surface area contributed by atoms with Crippen molar-refractivity contribution in [3.05, 3.63) is 11.9 Å². The average Bonchev–Trinajstić information content (AvgIpc) is 2.72. The molecule has 0 bridgehead atoms. The van der Waals surface area contributed by atoms with Crippen molar-refractivity contribution >= 4 is 21.4 Å². The van der Waals surface area contributed by atoms with Crippen LogP contribution in [0.3, 0.4) is 0 Å². The smallest absolute Gasteiger partial charge is 0.152 e. The summed E-state index contributed by atoms with van der Waals surface area (Å²) in [6.07, 6.45) is 4.08. The summed E-state index contributed by atoms with van der Waals surface area (Å²) in [6.45, 7) is 2.23. The van der Waals surface area contributed by atoms with Gasteiger partial charge in [-0.3, -0.25) is 4.68 Å². The molecule has 0 aliphatic rings. The Labute approximate surface area is 107 Å². The van der Waals surface area contributed by atoms with Gasteiger partial charge >= 0.3 is 0 Å². The fraction of sp³-hybridized carbons (Fsp3) is 0.800. The predicted molar refractivity (Wildman–Crippen MR) is 68.0 cm³/mol. The minimum atomic E-state index is -2.95. The van der Waals surface area contributed by atoms with Gasteiger partial charge in [0, 0.05) is 17.8 Å². The third-order valence-electron chi connectivity index (χ3n) is 2.30. The molecule has 1 aromatic heterocycles. The molecule has 0 aliphatic carbocycles. The summed E-state index contributed by atoms with van der Waals surface area (Å²) >= 11 is 5.58. The normalized spacial score (nSPS) is 11.9. The number of rotatable bonds is 8. The molecule has 1 rings (SSSR count). The van der Waals surface area contributed by atoms with Crippen molar-refractivity contribution in [1.82, 2.24) is 15.0 Å². The van der Waals surface area contributed by atoms with Gasteiger partial charge in [-0.25, -0.2) is 8.42 Å². The summed E-state index contributed by atoms with van der Waals surface area (Å²) in [5.41, 5.74) is 0.860. The van der Waals surface area contributed by atoms with Crippen molar-refractivity contribution in [2.75, 3.05) is 17.4 Å². The SMILES string of the molecule is CCCS(=O)(=O)CCn1cc(CCCCl)nn1. The van der Waals surface area contributed by atoms with E-state index in [9.17, 15) is 8.42 Å². The van der Waals surface area contributed by atoms with Gasteiger partial charge < -0.3 is 0 Å². The number of aromatic nitrogens is 3. The highest BCUT2D eigenvalue weighted by Gasteiger charge is 2.10. The lowest BCUT2D eigenvalue weighted by atomic mass is 10.3. The lowest BCUT2D eigenvalue weighted by Gasteiger charge is -2.01. The van der Waals surface area contributed by atoms with Crippen LogP contribution < -0.4 is 0 Å². The van der Waals surface area contributed by atoms with Crippen LogP contribution in [0.2, 0.25) is 0 Å². The molecular formula is C10H18ClN3O2S. The monoisotopic (exact) mass is 279 g/mol. The summed E-state index contributed by atoms with van der Waals surface area (Å²) in [6, 6.07) is 0. The lowest BCUT2D eigenvalue weighted by Crippen LogP contribution is -2.16. The highest BCUT2D eigenvalue weighted by atomic mass is 35.5. The summed E-state index contributed by atoms with van der Waals surface area (Å²) in [5, 5.41) is 7.85. The molecule has 17 heavy (non-hydrogen) atoms. The van der Waals surface area contributed by atoms with E-state index in [0.717, 1.165) is 18.5 Å². The van der Waals surface area contributed by atoms with E-state index in [1.807, 2.05) is 6.92 Å². The van der Waals surface area contributed by atoms with E-state index in [2.05, 4.69) is 10.3 Å². The molecule has 0 saturated carbocycles. The zero-order valence-corrected chi connectivity index (χ0v) is 11.5. The lowest BCUT2D eigenvalue weighted by molar-refractivity contribution is 0.574. The maximum Gasteiger partial charge on any atom is 0.152 e. The van der Waals surface area contributed by atoms with Crippen molar-refractivity contribution < 1.29 is 8.42 Å². The Hall–Kier alpha value is -0.620. The topological polar surface area (TPSA) is 64.8 Å². The zero-order chi connectivity index (χ0) is 12.7. The molecule has 0 fully saturated rings. The summed E-state index contributed by atoms with van der Waals surface area (Å²) in [5.74, 6) is 0.956. The molecule has 7 heteroatoms. The van der Waals surface area contributed by atoms with Gasteiger partial charge in [-0.05, 0) is 19.3 Å². The molecule has 0 aromatic carbocycles. The number of sulfone groups is 1. The van der Waals surface area contributed by atoms with Crippen LogP contribution in [0.1, 0.15) is 25.5 Å². The van der Waals surface area contributed by atoms with E-state index < -0.39 is 9.84 Å². The summed E-state index contributed by atoms with van der Waals surface area (Å²) < 4.78 is 24.6. The number of aryl methyl sites for hydroxylation is 2. The number of nitrogens with zero attached hydrogens (tertiary/aromatic N) is 3. The second-order valence-corrected chi connectivity index (χ2v) is 6.60. The molecule has 0 atom stereocenters. The maximum absolute atomic E-state index is 11.5. The Morgan fingerprint density at radius 1 is 1.41 bits per heavy atom. The second kappa shape index (κ2) is 6.96. The van der Waals surface area contributed by atoms with Crippen molar-refractivity contribution in [3.8, 4) is 0 Å². The van der Waals surface area contributed by atoms with Crippen LogP contribution in [0.15, 0.2) is 6.20 Å².